The van der Waals surface area contributed by atoms with Crippen LogP contribution in [0.25, 0.3) is 0 Å². The molecule has 2 aliphatic rings. The number of benzene rings is 1. The Labute approximate surface area is 126 Å². The maximum atomic E-state index is 6.44. The van der Waals surface area contributed by atoms with Gasteiger partial charge in [-0.05, 0) is 31.4 Å². The minimum Gasteiger partial charge on any atom is -0.485 e. The number of alkyl halides is 2. The molecule has 3 heteroatoms. The molecule has 0 unspecified atom stereocenters. The zero-order valence-electron chi connectivity index (χ0n) is 11.0. The molecule has 1 aliphatic carbocycles. The number of fused-ring (bicyclic) bond motifs is 4. The first-order valence-electron chi connectivity index (χ1n) is 6.48. The van der Waals surface area contributed by atoms with Gasteiger partial charge in [0.1, 0.15) is 15.1 Å². The molecule has 1 fully saturated rings. The fourth-order valence-corrected chi connectivity index (χ4v) is 5.11. The van der Waals surface area contributed by atoms with Crippen molar-refractivity contribution in [1.82, 2.24) is 0 Å². The van der Waals surface area contributed by atoms with Crippen molar-refractivity contribution in [2.24, 2.45) is 5.92 Å². The van der Waals surface area contributed by atoms with Crippen LogP contribution in [0.15, 0.2) is 18.2 Å². The Morgan fingerprint density at radius 3 is 2.72 bits per heavy atom. The summed E-state index contributed by atoms with van der Waals surface area (Å²) in [5.41, 5.74) is 2.77. The van der Waals surface area contributed by atoms with E-state index in [1.807, 2.05) is 0 Å². The van der Waals surface area contributed by atoms with Gasteiger partial charge >= 0.3 is 0 Å². The van der Waals surface area contributed by atoms with Crippen LogP contribution in [-0.2, 0) is 5.41 Å². The second-order valence-electron chi connectivity index (χ2n) is 6.00. The van der Waals surface area contributed by atoms with E-state index < -0.39 is 0 Å². The smallest absolute Gasteiger partial charge is 0.135 e. The van der Waals surface area contributed by atoms with Crippen LogP contribution < -0.4 is 4.74 Å². The topological polar surface area (TPSA) is 9.23 Å². The Morgan fingerprint density at radius 2 is 2.06 bits per heavy atom. The van der Waals surface area contributed by atoms with Gasteiger partial charge in [-0.15, -0.1) is 0 Å². The monoisotopic (exact) mass is 372 g/mol. The Morgan fingerprint density at radius 1 is 1.33 bits per heavy atom. The van der Waals surface area contributed by atoms with E-state index in [0.717, 1.165) is 12.2 Å². The Hall–Kier alpha value is -0.0200. The molecule has 0 radical (unpaired) electrons. The van der Waals surface area contributed by atoms with Crippen LogP contribution in [0.1, 0.15) is 37.8 Å². The lowest BCUT2D eigenvalue weighted by atomic mass is 9.70. The summed E-state index contributed by atoms with van der Waals surface area (Å²) in [5, 5.41) is 0. The average molecular weight is 374 g/mol. The van der Waals surface area contributed by atoms with Crippen LogP contribution in [0.4, 0.5) is 0 Å². The number of hydrogen-bond acceptors (Lipinski definition) is 1. The highest BCUT2D eigenvalue weighted by atomic mass is 79.9. The summed E-state index contributed by atoms with van der Waals surface area (Å²) in [6.07, 6.45) is 2.29. The summed E-state index contributed by atoms with van der Waals surface area (Å²) in [5.74, 6) is 1.58. The lowest BCUT2D eigenvalue weighted by Gasteiger charge is -2.46. The number of rotatable bonds is 1. The lowest BCUT2D eigenvalue weighted by molar-refractivity contribution is 0.0218. The molecule has 1 nitrogen and oxygen atoms in total. The fraction of sp³-hybridized carbons (Fsp3) is 0.600. The summed E-state index contributed by atoms with van der Waals surface area (Å²) in [6, 6.07) is 6.64. The predicted octanol–water partition coefficient (Wildman–Crippen LogP) is 4.93. The molecule has 1 aromatic rings. The highest BCUT2D eigenvalue weighted by Crippen LogP contribution is 2.61. The summed E-state index contributed by atoms with van der Waals surface area (Å²) < 4.78 is 6.63. The van der Waals surface area contributed by atoms with Gasteiger partial charge < -0.3 is 4.74 Å². The molecule has 0 amide bonds. The lowest BCUT2D eigenvalue weighted by Crippen LogP contribution is -2.51. The first-order chi connectivity index (χ1) is 8.40. The zero-order valence-corrected chi connectivity index (χ0v) is 14.1. The highest BCUT2D eigenvalue weighted by Gasteiger charge is 2.61. The zero-order chi connectivity index (χ0) is 13.1. The van der Waals surface area contributed by atoms with Gasteiger partial charge in [0.25, 0.3) is 0 Å². The molecule has 1 saturated carbocycles. The molecule has 0 aromatic heterocycles. The van der Waals surface area contributed by atoms with Crippen LogP contribution in [0, 0.1) is 12.8 Å². The molecule has 0 N–H and O–H groups in total. The van der Waals surface area contributed by atoms with E-state index in [0.29, 0.717) is 5.92 Å². The largest absolute Gasteiger partial charge is 0.485 e. The number of ether oxygens (including phenoxy) is 1. The summed E-state index contributed by atoms with van der Waals surface area (Å²) in [6.45, 7) is 6.84. The molecular weight excluding hydrogens is 356 g/mol. The third kappa shape index (κ3) is 1.49. The van der Waals surface area contributed by atoms with Crippen LogP contribution in [0.2, 0.25) is 0 Å². The third-order valence-corrected chi connectivity index (χ3v) is 6.70. The SMILES string of the molecule is Cc1ccc2c(c1)O[C@@]1(C(Br)Br)CC[C@]2(C)[C@H]1C. The van der Waals surface area contributed by atoms with Crippen LogP contribution in [0.3, 0.4) is 0 Å². The molecule has 3 rings (SSSR count). The van der Waals surface area contributed by atoms with Crippen molar-refractivity contribution in [2.75, 3.05) is 0 Å². The van der Waals surface area contributed by atoms with Crippen molar-refractivity contribution in [1.29, 1.82) is 0 Å². The Bertz CT molecular complexity index is 499. The molecule has 3 atom stereocenters. The second kappa shape index (κ2) is 3.99. The predicted molar refractivity (Wildman–Crippen MR) is 81.9 cm³/mol. The van der Waals surface area contributed by atoms with Gasteiger partial charge in [0.05, 0.1) is 0 Å². The molecule has 2 bridgehead atoms. The van der Waals surface area contributed by atoms with Crippen LogP contribution in [-0.4, -0.2) is 9.34 Å². The second-order valence-corrected chi connectivity index (χ2v) is 9.06. The van der Waals surface area contributed by atoms with Gasteiger partial charge in [-0.2, -0.15) is 0 Å². The van der Waals surface area contributed by atoms with E-state index in [1.54, 1.807) is 0 Å². The van der Waals surface area contributed by atoms with E-state index in [2.05, 4.69) is 70.8 Å². The first kappa shape index (κ1) is 13.0. The highest BCUT2D eigenvalue weighted by molar-refractivity contribution is 9.24. The minimum absolute atomic E-state index is 0.116. The molecule has 1 aromatic carbocycles. The van der Waals surface area contributed by atoms with Crippen molar-refractivity contribution in [2.45, 2.75) is 48.4 Å². The molecule has 0 spiro atoms. The Kier molecular flexibility index (Phi) is 2.88. The molecule has 0 saturated heterocycles. The van der Waals surface area contributed by atoms with E-state index >= 15 is 0 Å². The fourth-order valence-electron chi connectivity index (χ4n) is 3.67. The van der Waals surface area contributed by atoms with Gasteiger partial charge in [0.2, 0.25) is 0 Å². The molecule has 1 heterocycles. The molecule has 1 aliphatic heterocycles. The van der Waals surface area contributed by atoms with Crippen molar-refractivity contribution < 1.29 is 4.74 Å². The molecule has 18 heavy (non-hydrogen) atoms. The first-order valence-corrected chi connectivity index (χ1v) is 8.31. The maximum Gasteiger partial charge on any atom is 0.135 e. The molecule has 98 valence electrons. The number of hydrogen-bond donors (Lipinski definition) is 0. The molecular formula is C15H18Br2O. The van der Waals surface area contributed by atoms with Gasteiger partial charge in [-0.1, -0.05) is 57.8 Å². The van der Waals surface area contributed by atoms with Gasteiger partial charge in [-0.3, -0.25) is 0 Å². The van der Waals surface area contributed by atoms with E-state index in [4.69, 9.17) is 4.74 Å². The number of aryl methyl sites for hydroxylation is 1. The average Bonchev–Trinajstić information content (AvgIpc) is 2.50. The van der Waals surface area contributed by atoms with Gasteiger partial charge in [0.15, 0.2) is 0 Å². The van der Waals surface area contributed by atoms with Crippen LogP contribution >= 0.6 is 31.9 Å². The standard InChI is InChI=1S/C15H18Br2O/c1-9-4-5-11-12(8-9)18-15(13(16)17)7-6-14(11,3)10(15)2/h4-5,8,10,13H,6-7H2,1-3H3/t10-,14-,15+/m1/s1. The summed E-state index contributed by atoms with van der Waals surface area (Å²) >= 11 is 7.41. The normalized spacial score (nSPS) is 37.6. The Balaban J connectivity index is 2.20. The van der Waals surface area contributed by atoms with Crippen molar-refractivity contribution in [3.05, 3.63) is 29.3 Å². The van der Waals surface area contributed by atoms with E-state index in [1.165, 1.54) is 17.5 Å². The minimum atomic E-state index is -0.116. The number of halogens is 2. The van der Waals surface area contributed by atoms with Gasteiger partial charge in [0, 0.05) is 16.9 Å². The van der Waals surface area contributed by atoms with Crippen molar-refractivity contribution in [3.8, 4) is 5.75 Å². The van der Waals surface area contributed by atoms with Crippen molar-refractivity contribution >= 4 is 31.9 Å². The van der Waals surface area contributed by atoms with Crippen LogP contribution in [0.5, 0.6) is 5.75 Å². The maximum absolute atomic E-state index is 6.44. The van der Waals surface area contributed by atoms with E-state index in [-0.39, 0.29) is 14.8 Å². The summed E-state index contributed by atoms with van der Waals surface area (Å²) in [4.78, 5) is 0. The third-order valence-electron chi connectivity index (χ3n) is 5.15. The summed E-state index contributed by atoms with van der Waals surface area (Å²) in [7, 11) is 0. The quantitative estimate of drug-likeness (QED) is 0.634. The van der Waals surface area contributed by atoms with Gasteiger partial charge in [-0.25, -0.2) is 0 Å². The van der Waals surface area contributed by atoms with E-state index in [9.17, 15) is 0 Å². The van der Waals surface area contributed by atoms with Crippen molar-refractivity contribution in [3.63, 3.8) is 0 Å².